The lowest BCUT2D eigenvalue weighted by molar-refractivity contribution is 0.105. The Morgan fingerprint density at radius 3 is 2.45 bits per heavy atom. The van der Waals surface area contributed by atoms with Gasteiger partial charge in [0.1, 0.15) is 0 Å². The number of aryl methyl sites for hydroxylation is 1. The molecule has 0 aromatic heterocycles. The van der Waals surface area contributed by atoms with Gasteiger partial charge in [0, 0.05) is 16.0 Å². The summed E-state index contributed by atoms with van der Waals surface area (Å²) >= 11 is 1.56. The maximum Gasteiger partial charge on any atom is 0.237 e. The zero-order valence-electron chi connectivity index (χ0n) is 11.6. The van der Waals surface area contributed by atoms with Crippen LogP contribution in [0.4, 0.5) is 0 Å². The van der Waals surface area contributed by atoms with Crippen molar-refractivity contribution < 1.29 is 4.79 Å². The molecule has 0 aliphatic rings. The fourth-order valence-electron chi connectivity index (χ4n) is 1.85. The highest BCUT2D eigenvalue weighted by molar-refractivity contribution is 7.98. The van der Waals surface area contributed by atoms with Crippen LogP contribution in [0.5, 0.6) is 0 Å². The molecule has 2 aromatic rings. The molecule has 0 radical (unpaired) electrons. The monoisotopic (exact) mass is 280 g/mol. The van der Waals surface area contributed by atoms with Crippen LogP contribution in [0.2, 0.25) is 0 Å². The first-order chi connectivity index (χ1) is 9.74. The third kappa shape index (κ3) is 3.53. The predicted octanol–water partition coefficient (Wildman–Crippen LogP) is 4.21. The summed E-state index contributed by atoms with van der Waals surface area (Å²) in [5, 5.41) is 0. The van der Waals surface area contributed by atoms with E-state index in [0.717, 1.165) is 16.9 Å². The van der Waals surface area contributed by atoms with Gasteiger partial charge in [0.25, 0.3) is 0 Å². The zero-order chi connectivity index (χ0) is 14.4. The zero-order valence-corrected chi connectivity index (χ0v) is 12.5. The average Bonchev–Trinajstić information content (AvgIpc) is 2.53. The summed E-state index contributed by atoms with van der Waals surface area (Å²) in [5.41, 5.74) is 2.82. The Morgan fingerprint density at radius 2 is 1.80 bits per heavy atom. The Hall–Kier alpha value is -1.98. The molecule has 0 atom stereocenters. The summed E-state index contributed by atoms with van der Waals surface area (Å²) in [6.07, 6.45) is 2.97. The van der Waals surface area contributed by atoms with Gasteiger partial charge < -0.3 is 0 Å². The highest BCUT2D eigenvalue weighted by Crippen LogP contribution is 2.19. The lowest BCUT2D eigenvalue weighted by Crippen LogP contribution is -1.97. The number of rotatable bonds is 3. The third-order valence-electron chi connectivity index (χ3n) is 3.03. The van der Waals surface area contributed by atoms with E-state index in [9.17, 15) is 4.79 Å². The van der Waals surface area contributed by atoms with Gasteiger partial charge in [-0.1, -0.05) is 37.1 Å². The molecular weight excluding hydrogens is 264 g/mol. The number of carbonyl (C=O) groups excluding carboxylic acids is 1. The largest absolute Gasteiger partial charge is 0.279 e. The maximum absolute atomic E-state index is 12.1. The van der Waals surface area contributed by atoms with E-state index in [1.54, 1.807) is 11.8 Å². The molecule has 2 rings (SSSR count). The van der Waals surface area contributed by atoms with Crippen LogP contribution in [0.25, 0.3) is 0 Å². The van der Waals surface area contributed by atoms with E-state index in [-0.39, 0.29) is 5.78 Å². The lowest BCUT2D eigenvalue weighted by Gasteiger charge is -2.01. The minimum Gasteiger partial charge on any atom is -0.279 e. The molecule has 0 amide bonds. The van der Waals surface area contributed by atoms with Crippen molar-refractivity contribution in [3.63, 3.8) is 0 Å². The fourth-order valence-corrected chi connectivity index (χ4v) is 2.45. The van der Waals surface area contributed by atoms with Gasteiger partial charge in [-0.25, -0.2) is 0 Å². The summed E-state index contributed by atoms with van der Waals surface area (Å²) < 4.78 is 0. The highest BCUT2D eigenvalue weighted by Gasteiger charge is 2.07. The minimum absolute atomic E-state index is 0.130. The van der Waals surface area contributed by atoms with Gasteiger partial charge in [-0.15, -0.1) is 11.8 Å². The normalized spacial score (nSPS) is 9.70. The van der Waals surface area contributed by atoms with Crippen molar-refractivity contribution in [1.29, 1.82) is 0 Å². The van der Waals surface area contributed by atoms with Crippen LogP contribution in [0.15, 0.2) is 53.4 Å². The summed E-state index contributed by atoms with van der Waals surface area (Å²) in [7, 11) is 0. The molecule has 1 nitrogen and oxygen atoms in total. The second-order valence-electron chi connectivity index (χ2n) is 4.33. The molecule has 100 valence electrons. The molecule has 2 heteroatoms. The van der Waals surface area contributed by atoms with E-state index >= 15 is 0 Å². The fraction of sp³-hybridized carbons (Fsp3) is 0.167. The lowest BCUT2D eigenvalue weighted by atomic mass is 10.1. The second-order valence-corrected chi connectivity index (χ2v) is 5.18. The van der Waals surface area contributed by atoms with E-state index in [1.165, 1.54) is 5.56 Å². The van der Waals surface area contributed by atoms with Crippen LogP contribution in [-0.4, -0.2) is 12.0 Å². The van der Waals surface area contributed by atoms with Crippen molar-refractivity contribution in [1.82, 2.24) is 0 Å². The van der Waals surface area contributed by atoms with Gasteiger partial charge in [0.2, 0.25) is 5.78 Å². The minimum atomic E-state index is -0.130. The second kappa shape index (κ2) is 6.98. The van der Waals surface area contributed by atoms with Crippen molar-refractivity contribution in [2.45, 2.75) is 18.2 Å². The maximum atomic E-state index is 12.1. The number of hydrogen-bond donors (Lipinski definition) is 0. The van der Waals surface area contributed by atoms with Crippen molar-refractivity contribution in [2.75, 3.05) is 6.26 Å². The average molecular weight is 280 g/mol. The van der Waals surface area contributed by atoms with E-state index in [4.69, 9.17) is 0 Å². The molecule has 0 heterocycles. The molecule has 20 heavy (non-hydrogen) atoms. The van der Waals surface area contributed by atoms with Gasteiger partial charge in [0.05, 0.1) is 0 Å². The summed E-state index contributed by atoms with van der Waals surface area (Å²) in [5.74, 6) is 5.53. The third-order valence-corrected chi connectivity index (χ3v) is 3.83. The van der Waals surface area contributed by atoms with Crippen LogP contribution in [0, 0.1) is 11.8 Å². The van der Waals surface area contributed by atoms with Gasteiger partial charge in [-0.2, -0.15) is 0 Å². The Bertz CT molecular complexity index is 660. The molecule has 0 bridgehead atoms. The first-order valence-corrected chi connectivity index (χ1v) is 7.75. The first-order valence-electron chi connectivity index (χ1n) is 6.53. The highest BCUT2D eigenvalue weighted by atomic mass is 32.2. The Morgan fingerprint density at radius 1 is 1.10 bits per heavy atom. The molecule has 0 unspecified atom stereocenters. The quantitative estimate of drug-likeness (QED) is 0.476. The van der Waals surface area contributed by atoms with Gasteiger partial charge in [-0.05, 0) is 48.4 Å². The number of thioether (sulfide) groups is 1. The summed E-state index contributed by atoms with van der Waals surface area (Å²) in [6, 6.07) is 15.6. The Kier molecular flexibility index (Phi) is 5.03. The molecule has 2 aromatic carbocycles. The van der Waals surface area contributed by atoms with Crippen molar-refractivity contribution in [2.24, 2.45) is 0 Å². The van der Waals surface area contributed by atoms with E-state index in [0.29, 0.717) is 5.56 Å². The van der Waals surface area contributed by atoms with Crippen LogP contribution in [0.1, 0.15) is 28.4 Å². The first kappa shape index (κ1) is 14.4. The molecule has 0 aliphatic heterocycles. The number of ketones is 1. The van der Waals surface area contributed by atoms with Crippen LogP contribution < -0.4 is 0 Å². The molecule has 0 N–H and O–H groups in total. The summed E-state index contributed by atoms with van der Waals surface area (Å²) in [6.45, 7) is 2.11. The number of Topliss-reactive ketones (excluding diaryl/α,β-unsaturated/α-hetero) is 1. The van der Waals surface area contributed by atoms with Crippen molar-refractivity contribution >= 4 is 17.5 Å². The summed E-state index contributed by atoms with van der Waals surface area (Å²) in [4.78, 5) is 13.1. The molecule has 0 fully saturated rings. The number of hydrogen-bond acceptors (Lipinski definition) is 2. The van der Waals surface area contributed by atoms with E-state index in [1.807, 2.05) is 54.8 Å². The SMILES string of the molecule is CCc1ccc(C#CC(=O)c2ccccc2SC)cc1. The van der Waals surface area contributed by atoms with Crippen LogP contribution >= 0.6 is 11.8 Å². The Labute approximate surface area is 124 Å². The number of carbonyl (C=O) groups is 1. The topological polar surface area (TPSA) is 17.1 Å². The van der Waals surface area contributed by atoms with Crippen LogP contribution in [0.3, 0.4) is 0 Å². The van der Waals surface area contributed by atoms with Crippen molar-refractivity contribution in [3.8, 4) is 11.8 Å². The Balaban J connectivity index is 2.21. The van der Waals surface area contributed by atoms with E-state index < -0.39 is 0 Å². The molecular formula is C18H16OS. The molecule has 0 spiro atoms. The van der Waals surface area contributed by atoms with E-state index in [2.05, 4.69) is 18.8 Å². The molecule has 0 saturated heterocycles. The van der Waals surface area contributed by atoms with Crippen LogP contribution in [-0.2, 0) is 6.42 Å². The smallest absolute Gasteiger partial charge is 0.237 e. The van der Waals surface area contributed by atoms with Gasteiger partial charge in [-0.3, -0.25) is 4.79 Å². The standard InChI is InChI=1S/C18H16OS/c1-3-14-8-10-15(11-9-14)12-13-17(19)16-6-4-5-7-18(16)20-2/h4-11H,3H2,1-2H3. The predicted molar refractivity (Wildman–Crippen MR) is 85.3 cm³/mol. The van der Waals surface area contributed by atoms with Gasteiger partial charge in [0.15, 0.2) is 0 Å². The van der Waals surface area contributed by atoms with Crippen molar-refractivity contribution in [3.05, 3.63) is 65.2 Å². The molecule has 0 aliphatic carbocycles. The van der Waals surface area contributed by atoms with Gasteiger partial charge >= 0.3 is 0 Å². The number of benzene rings is 2. The molecule has 0 saturated carbocycles.